The predicted octanol–water partition coefficient (Wildman–Crippen LogP) is 3.70. The molecule has 1 fully saturated rings. The predicted molar refractivity (Wildman–Crippen MR) is 89.9 cm³/mol. The zero-order chi connectivity index (χ0) is 15.9. The van der Waals surface area contributed by atoms with Gasteiger partial charge in [0.05, 0.1) is 17.2 Å². The summed E-state index contributed by atoms with van der Waals surface area (Å²) in [5, 5.41) is 21.8. The lowest BCUT2D eigenvalue weighted by Crippen LogP contribution is -2.40. The lowest BCUT2D eigenvalue weighted by Gasteiger charge is -2.33. The third-order valence-corrected chi connectivity index (χ3v) is 4.99. The summed E-state index contributed by atoms with van der Waals surface area (Å²) in [5.41, 5.74) is 1.20. The Morgan fingerprint density at radius 1 is 1.18 bits per heavy atom. The normalized spacial score (nSPS) is 22.0. The van der Waals surface area contributed by atoms with E-state index in [4.69, 9.17) is 0 Å². The van der Waals surface area contributed by atoms with Gasteiger partial charge in [-0.3, -0.25) is 0 Å². The first-order valence-corrected chi connectivity index (χ1v) is 7.84. The highest BCUT2D eigenvalue weighted by molar-refractivity contribution is 5.98. The highest BCUT2D eigenvalue weighted by Crippen LogP contribution is 2.39. The van der Waals surface area contributed by atoms with Crippen molar-refractivity contribution in [2.24, 2.45) is 5.92 Å². The largest absolute Gasteiger partial charge is 0.390 e. The average molecular weight is 294 g/mol. The molecule has 3 nitrogen and oxygen atoms in total. The Balaban J connectivity index is 2.07. The lowest BCUT2D eigenvalue weighted by molar-refractivity contribution is 0.0156. The molecular weight excluding hydrogens is 272 g/mol. The van der Waals surface area contributed by atoms with E-state index in [-0.39, 0.29) is 12.0 Å². The van der Waals surface area contributed by atoms with Crippen LogP contribution in [0.25, 0.3) is 10.8 Å². The molecule has 3 heteroatoms. The van der Waals surface area contributed by atoms with Crippen LogP contribution >= 0.6 is 0 Å². The number of hydrogen-bond donors (Lipinski definition) is 1. The second kappa shape index (κ2) is 5.30. The van der Waals surface area contributed by atoms with Gasteiger partial charge in [0, 0.05) is 35.0 Å². The Hall–Kier alpha value is -2.05. The minimum Gasteiger partial charge on any atom is -0.390 e. The minimum atomic E-state index is -0.670. The molecule has 0 amide bonds. The molecule has 2 aromatic rings. The van der Waals surface area contributed by atoms with E-state index in [9.17, 15) is 10.4 Å². The van der Waals surface area contributed by atoms with Gasteiger partial charge < -0.3 is 10.0 Å². The molecule has 1 N–H and O–H groups in total. The monoisotopic (exact) mass is 294 g/mol. The van der Waals surface area contributed by atoms with E-state index in [0.29, 0.717) is 5.56 Å². The third-order valence-electron chi connectivity index (χ3n) is 4.99. The smallest absolute Gasteiger partial charge is 0.0998 e. The van der Waals surface area contributed by atoms with Crippen molar-refractivity contribution in [3.63, 3.8) is 0 Å². The van der Waals surface area contributed by atoms with Crippen LogP contribution in [0.2, 0.25) is 0 Å². The molecule has 3 rings (SSSR count). The summed E-state index contributed by atoms with van der Waals surface area (Å²) in [6, 6.07) is 14.6. The topological polar surface area (TPSA) is 47.3 Å². The zero-order valence-electron chi connectivity index (χ0n) is 13.4. The van der Waals surface area contributed by atoms with Crippen molar-refractivity contribution in [1.82, 2.24) is 0 Å². The van der Waals surface area contributed by atoms with E-state index in [2.05, 4.69) is 24.0 Å². The van der Waals surface area contributed by atoms with Crippen LogP contribution in [0.5, 0.6) is 0 Å². The van der Waals surface area contributed by atoms with Crippen molar-refractivity contribution < 1.29 is 5.11 Å². The van der Waals surface area contributed by atoms with Crippen LogP contribution in [-0.4, -0.2) is 23.3 Å². The molecule has 114 valence electrons. The number of benzene rings is 2. The van der Waals surface area contributed by atoms with Crippen LogP contribution in [0.3, 0.4) is 0 Å². The summed E-state index contributed by atoms with van der Waals surface area (Å²) in [6.07, 6.45) is 0.985. The van der Waals surface area contributed by atoms with Crippen LogP contribution in [0.4, 0.5) is 5.69 Å². The number of hydrogen-bond acceptors (Lipinski definition) is 3. The van der Waals surface area contributed by atoms with Gasteiger partial charge in [-0.2, -0.15) is 5.26 Å². The molecule has 1 aliphatic rings. The maximum Gasteiger partial charge on any atom is 0.0998 e. The van der Waals surface area contributed by atoms with Crippen molar-refractivity contribution >= 4 is 16.5 Å². The van der Waals surface area contributed by atoms with Crippen molar-refractivity contribution in [2.45, 2.75) is 38.8 Å². The molecule has 0 saturated carbocycles. The number of fused-ring (bicyclic) bond motifs is 1. The molecule has 0 unspecified atom stereocenters. The van der Waals surface area contributed by atoms with Crippen molar-refractivity contribution in [3.8, 4) is 6.07 Å². The Kier molecular flexibility index (Phi) is 3.58. The summed E-state index contributed by atoms with van der Waals surface area (Å²) >= 11 is 0. The van der Waals surface area contributed by atoms with E-state index in [1.54, 1.807) is 0 Å². The maximum atomic E-state index is 10.4. The van der Waals surface area contributed by atoms with Gasteiger partial charge in [0.25, 0.3) is 0 Å². The van der Waals surface area contributed by atoms with Gasteiger partial charge in [-0.05, 0) is 39.3 Å². The van der Waals surface area contributed by atoms with Crippen molar-refractivity contribution in [2.75, 3.05) is 11.4 Å². The highest BCUT2D eigenvalue weighted by atomic mass is 16.3. The van der Waals surface area contributed by atoms with E-state index in [1.807, 2.05) is 44.2 Å². The van der Waals surface area contributed by atoms with Crippen LogP contribution in [0.15, 0.2) is 36.4 Å². The molecule has 0 spiro atoms. The van der Waals surface area contributed by atoms with E-state index < -0.39 is 5.60 Å². The molecule has 22 heavy (non-hydrogen) atoms. The summed E-state index contributed by atoms with van der Waals surface area (Å²) < 4.78 is 0. The average Bonchev–Trinajstić information content (AvgIpc) is 2.88. The van der Waals surface area contributed by atoms with E-state index in [0.717, 1.165) is 29.4 Å². The second-order valence-electron chi connectivity index (χ2n) is 6.77. The fraction of sp³-hybridized carbons (Fsp3) is 0.421. The number of nitrogens with zero attached hydrogens (tertiary/aromatic N) is 2. The van der Waals surface area contributed by atoms with E-state index >= 15 is 0 Å². The molecular formula is C19H22N2O. The van der Waals surface area contributed by atoms with Gasteiger partial charge in [0.2, 0.25) is 0 Å². The molecule has 0 aromatic heterocycles. The molecule has 1 aliphatic heterocycles. The Bertz CT molecular complexity index is 739. The van der Waals surface area contributed by atoms with Crippen LogP contribution < -0.4 is 4.90 Å². The fourth-order valence-corrected chi connectivity index (χ4v) is 3.85. The minimum absolute atomic E-state index is 0.252. The summed E-state index contributed by atoms with van der Waals surface area (Å²) in [6.45, 7) is 6.91. The maximum absolute atomic E-state index is 10.4. The van der Waals surface area contributed by atoms with Crippen molar-refractivity contribution in [1.29, 1.82) is 5.26 Å². The molecule has 0 bridgehead atoms. The van der Waals surface area contributed by atoms with Gasteiger partial charge in [-0.1, -0.05) is 24.3 Å². The molecule has 2 aromatic carbocycles. The number of anilines is 1. The summed E-state index contributed by atoms with van der Waals surface area (Å²) in [4.78, 5) is 2.37. The Morgan fingerprint density at radius 3 is 2.45 bits per heavy atom. The van der Waals surface area contributed by atoms with Gasteiger partial charge in [0.1, 0.15) is 0 Å². The molecule has 0 radical (unpaired) electrons. The van der Waals surface area contributed by atoms with Crippen LogP contribution in [-0.2, 0) is 0 Å². The first-order chi connectivity index (χ1) is 10.4. The lowest BCUT2D eigenvalue weighted by atomic mass is 9.85. The van der Waals surface area contributed by atoms with Gasteiger partial charge in [-0.15, -0.1) is 0 Å². The molecule has 2 atom stereocenters. The summed E-state index contributed by atoms with van der Waals surface area (Å²) in [7, 11) is 0. The van der Waals surface area contributed by atoms with Crippen LogP contribution in [0, 0.1) is 17.2 Å². The van der Waals surface area contributed by atoms with Gasteiger partial charge in [0.15, 0.2) is 0 Å². The number of rotatable bonds is 2. The van der Waals surface area contributed by atoms with E-state index in [1.165, 1.54) is 0 Å². The first kappa shape index (κ1) is 14.9. The van der Waals surface area contributed by atoms with Crippen molar-refractivity contribution in [3.05, 3.63) is 42.0 Å². The highest BCUT2D eigenvalue weighted by Gasteiger charge is 2.40. The van der Waals surface area contributed by atoms with Gasteiger partial charge >= 0.3 is 0 Å². The quantitative estimate of drug-likeness (QED) is 0.918. The third kappa shape index (κ3) is 2.34. The molecule has 1 heterocycles. The fourth-order valence-electron chi connectivity index (χ4n) is 3.85. The second-order valence-corrected chi connectivity index (χ2v) is 6.77. The Morgan fingerprint density at radius 2 is 1.86 bits per heavy atom. The Labute approximate surface area is 131 Å². The standard InChI is InChI=1S/C19H22N2O/c1-13-17(19(2,3)22)10-11-21(13)18-9-8-14(12-20)15-6-4-5-7-16(15)18/h4-9,13,17,22H,10-11H2,1-3H3/t13-,17-/m0/s1. The summed E-state index contributed by atoms with van der Waals surface area (Å²) in [5.74, 6) is 0.252. The van der Waals surface area contributed by atoms with Gasteiger partial charge in [-0.25, -0.2) is 0 Å². The SMILES string of the molecule is C[C@H]1[C@@H](C(C)(C)O)CCN1c1ccc(C#N)c2ccccc12. The first-order valence-electron chi connectivity index (χ1n) is 7.84. The number of nitriles is 1. The van der Waals surface area contributed by atoms with Crippen LogP contribution in [0.1, 0.15) is 32.8 Å². The molecule has 1 saturated heterocycles. The number of aliphatic hydroxyl groups is 1. The zero-order valence-corrected chi connectivity index (χ0v) is 13.4. The molecule has 0 aliphatic carbocycles.